The second-order valence-electron chi connectivity index (χ2n) is 1.80. The van der Waals surface area contributed by atoms with E-state index in [4.69, 9.17) is 6.42 Å². The molecular formula is C6H5N3O2. The lowest BCUT2D eigenvalue weighted by atomic mass is 10.7. The Labute approximate surface area is 61.7 Å². The van der Waals surface area contributed by atoms with Gasteiger partial charge in [-0.15, -0.1) is 6.42 Å². The molecule has 0 atom stereocenters. The molecule has 0 unspecified atom stereocenters. The van der Waals surface area contributed by atoms with E-state index in [9.17, 15) is 9.59 Å². The first-order valence-electron chi connectivity index (χ1n) is 2.84. The normalized spacial score (nSPS) is 9.00. The molecule has 11 heavy (non-hydrogen) atoms. The summed E-state index contributed by atoms with van der Waals surface area (Å²) in [5.74, 6) is 2.22. The SMILES string of the molecule is C#CCn1ncc(=O)[nH]c1=O. The van der Waals surface area contributed by atoms with Crippen molar-refractivity contribution in [1.29, 1.82) is 0 Å². The second kappa shape index (κ2) is 2.84. The summed E-state index contributed by atoms with van der Waals surface area (Å²) < 4.78 is 0.987. The van der Waals surface area contributed by atoms with Crippen LogP contribution in [0.3, 0.4) is 0 Å². The summed E-state index contributed by atoms with van der Waals surface area (Å²) in [6, 6.07) is 0. The quantitative estimate of drug-likeness (QED) is 0.500. The van der Waals surface area contributed by atoms with Crippen LogP contribution in [0.5, 0.6) is 0 Å². The van der Waals surface area contributed by atoms with Crippen LogP contribution in [-0.2, 0) is 6.54 Å². The van der Waals surface area contributed by atoms with Gasteiger partial charge in [0.2, 0.25) is 0 Å². The number of nitrogens with one attached hydrogen (secondary N) is 1. The van der Waals surface area contributed by atoms with Crippen molar-refractivity contribution < 1.29 is 0 Å². The van der Waals surface area contributed by atoms with Crippen LogP contribution in [0.15, 0.2) is 15.8 Å². The molecule has 0 saturated carbocycles. The Kier molecular flexibility index (Phi) is 1.88. The highest BCUT2D eigenvalue weighted by molar-refractivity contribution is 4.84. The lowest BCUT2D eigenvalue weighted by Crippen LogP contribution is -2.31. The Bertz CT molecular complexity index is 395. The predicted octanol–water partition coefficient (Wildman–Crippen LogP) is -1.44. The van der Waals surface area contributed by atoms with Crippen molar-refractivity contribution in [2.24, 2.45) is 0 Å². The highest BCUT2D eigenvalue weighted by Crippen LogP contribution is 1.65. The molecular weight excluding hydrogens is 146 g/mol. The number of hydrogen-bond acceptors (Lipinski definition) is 3. The Morgan fingerprint density at radius 2 is 2.45 bits per heavy atom. The number of terminal acetylenes is 1. The third kappa shape index (κ3) is 1.55. The van der Waals surface area contributed by atoms with Gasteiger partial charge in [0.1, 0.15) is 12.7 Å². The summed E-state index contributed by atoms with van der Waals surface area (Å²) in [5, 5.41) is 3.49. The standard InChI is InChI=1S/C6H5N3O2/c1-2-3-9-6(11)8-5(10)4-7-9/h1,4H,3H2,(H,8,10,11). The van der Waals surface area contributed by atoms with Gasteiger partial charge in [-0.3, -0.25) is 9.78 Å². The van der Waals surface area contributed by atoms with E-state index in [0.29, 0.717) is 0 Å². The molecule has 0 aromatic carbocycles. The lowest BCUT2D eigenvalue weighted by Gasteiger charge is -1.93. The first kappa shape index (κ1) is 7.28. The van der Waals surface area contributed by atoms with Crippen molar-refractivity contribution in [3.05, 3.63) is 27.0 Å². The number of nitrogens with zero attached hydrogens (tertiary/aromatic N) is 2. The highest BCUT2D eigenvalue weighted by atomic mass is 16.2. The maximum atomic E-state index is 10.8. The average molecular weight is 151 g/mol. The third-order valence-corrected chi connectivity index (χ3v) is 1.02. The van der Waals surface area contributed by atoms with E-state index in [1.54, 1.807) is 0 Å². The fourth-order valence-corrected chi connectivity index (χ4v) is 0.576. The molecule has 1 aromatic heterocycles. The summed E-state index contributed by atoms with van der Waals surface area (Å²) in [7, 11) is 0. The molecule has 0 radical (unpaired) electrons. The summed E-state index contributed by atoms with van der Waals surface area (Å²) in [4.78, 5) is 23.3. The first-order valence-corrected chi connectivity index (χ1v) is 2.84. The molecule has 5 nitrogen and oxygen atoms in total. The van der Waals surface area contributed by atoms with Gasteiger partial charge in [-0.05, 0) is 0 Å². The fourth-order valence-electron chi connectivity index (χ4n) is 0.576. The Morgan fingerprint density at radius 1 is 1.73 bits per heavy atom. The highest BCUT2D eigenvalue weighted by Gasteiger charge is 1.92. The van der Waals surface area contributed by atoms with Crippen LogP contribution in [-0.4, -0.2) is 14.8 Å². The van der Waals surface area contributed by atoms with Crippen LogP contribution >= 0.6 is 0 Å². The maximum Gasteiger partial charge on any atom is 0.345 e. The number of H-pyrrole nitrogens is 1. The first-order chi connectivity index (χ1) is 5.24. The van der Waals surface area contributed by atoms with Gasteiger partial charge in [-0.2, -0.15) is 5.10 Å². The molecule has 1 aromatic rings. The molecule has 0 spiro atoms. The van der Waals surface area contributed by atoms with E-state index in [-0.39, 0.29) is 6.54 Å². The van der Waals surface area contributed by atoms with Crippen molar-refractivity contribution in [2.45, 2.75) is 6.54 Å². The zero-order chi connectivity index (χ0) is 8.27. The maximum absolute atomic E-state index is 10.8. The molecule has 1 heterocycles. The predicted molar refractivity (Wildman–Crippen MR) is 38.0 cm³/mol. The molecule has 1 N–H and O–H groups in total. The minimum Gasteiger partial charge on any atom is -0.271 e. The lowest BCUT2D eigenvalue weighted by molar-refractivity contribution is 0.627. The zero-order valence-corrected chi connectivity index (χ0v) is 5.57. The monoisotopic (exact) mass is 151 g/mol. The molecule has 0 fully saturated rings. The average Bonchev–Trinajstić information content (AvgIpc) is 1.95. The van der Waals surface area contributed by atoms with Crippen LogP contribution in [0, 0.1) is 12.3 Å². The van der Waals surface area contributed by atoms with E-state index in [1.807, 2.05) is 4.98 Å². The number of hydrogen-bond donors (Lipinski definition) is 1. The minimum absolute atomic E-state index is 0.0651. The van der Waals surface area contributed by atoms with E-state index < -0.39 is 11.2 Å². The third-order valence-electron chi connectivity index (χ3n) is 1.02. The van der Waals surface area contributed by atoms with Crippen LogP contribution in [0.1, 0.15) is 0 Å². The summed E-state index contributed by atoms with van der Waals surface area (Å²) in [5.41, 5.74) is -1.11. The van der Waals surface area contributed by atoms with E-state index >= 15 is 0 Å². The van der Waals surface area contributed by atoms with E-state index in [0.717, 1.165) is 10.9 Å². The number of aromatic amines is 1. The van der Waals surface area contributed by atoms with Crippen molar-refractivity contribution >= 4 is 0 Å². The second-order valence-corrected chi connectivity index (χ2v) is 1.80. The number of rotatable bonds is 1. The minimum atomic E-state index is -0.588. The Hall–Kier alpha value is -1.83. The number of aromatic nitrogens is 3. The van der Waals surface area contributed by atoms with Gasteiger partial charge in [0.25, 0.3) is 5.56 Å². The smallest absolute Gasteiger partial charge is 0.271 e. The summed E-state index contributed by atoms with van der Waals surface area (Å²) in [6.45, 7) is 0.0651. The van der Waals surface area contributed by atoms with Crippen molar-refractivity contribution in [3.8, 4) is 12.3 Å². The van der Waals surface area contributed by atoms with Gasteiger partial charge in [0.15, 0.2) is 0 Å². The van der Waals surface area contributed by atoms with Gasteiger partial charge >= 0.3 is 5.69 Å². The van der Waals surface area contributed by atoms with Crippen molar-refractivity contribution in [3.63, 3.8) is 0 Å². The van der Waals surface area contributed by atoms with Crippen LogP contribution in [0.2, 0.25) is 0 Å². The Morgan fingerprint density at radius 3 is 3.00 bits per heavy atom. The summed E-state index contributed by atoms with van der Waals surface area (Å²) >= 11 is 0. The van der Waals surface area contributed by atoms with Crippen LogP contribution < -0.4 is 11.2 Å². The topological polar surface area (TPSA) is 67.8 Å². The zero-order valence-electron chi connectivity index (χ0n) is 5.57. The van der Waals surface area contributed by atoms with Gasteiger partial charge in [-0.1, -0.05) is 5.92 Å². The van der Waals surface area contributed by atoms with Gasteiger partial charge in [0.05, 0.1) is 0 Å². The van der Waals surface area contributed by atoms with Gasteiger partial charge in [-0.25, -0.2) is 9.48 Å². The molecule has 0 saturated heterocycles. The molecule has 0 aliphatic carbocycles. The molecule has 0 amide bonds. The molecule has 1 rings (SSSR count). The van der Waals surface area contributed by atoms with Crippen LogP contribution in [0.4, 0.5) is 0 Å². The van der Waals surface area contributed by atoms with Gasteiger partial charge in [0, 0.05) is 0 Å². The van der Waals surface area contributed by atoms with E-state index in [1.165, 1.54) is 0 Å². The van der Waals surface area contributed by atoms with Gasteiger partial charge < -0.3 is 0 Å². The Balaban J connectivity index is 3.23. The fraction of sp³-hybridized carbons (Fsp3) is 0.167. The molecule has 0 bridgehead atoms. The van der Waals surface area contributed by atoms with E-state index in [2.05, 4.69) is 11.0 Å². The summed E-state index contributed by atoms with van der Waals surface area (Å²) in [6.07, 6.45) is 5.92. The molecule has 0 aliphatic rings. The van der Waals surface area contributed by atoms with Crippen LogP contribution in [0.25, 0.3) is 0 Å². The molecule has 56 valence electrons. The largest absolute Gasteiger partial charge is 0.345 e. The molecule has 5 heteroatoms. The van der Waals surface area contributed by atoms with Crippen molar-refractivity contribution in [2.75, 3.05) is 0 Å². The molecule has 0 aliphatic heterocycles. The van der Waals surface area contributed by atoms with Crippen molar-refractivity contribution in [1.82, 2.24) is 14.8 Å².